The lowest BCUT2D eigenvalue weighted by molar-refractivity contribution is -0.138. The van der Waals surface area contributed by atoms with Gasteiger partial charge in [-0.3, -0.25) is 19.3 Å². The summed E-state index contributed by atoms with van der Waals surface area (Å²) in [4.78, 5) is 37.3. The van der Waals surface area contributed by atoms with Gasteiger partial charge in [0.15, 0.2) is 0 Å². The molecule has 0 aromatic heterocycles. The van der Waals surface area contributed by atoms with Crippen molar-refractivity contribution in [1.29, 1.82) is 0 Å². The van der Waals surface area contributed by atoms with Crippen molar-refractivity contribution in [2.24, 2.45) is 0 Å². The summed E-state index contributed by atoms with van der Waals surface area (Å²) in [5, 5.41) is 2.63. The van der Waals surface area contributed by atoms with Crippen molar-refractivity contribution in [3.63, 3.8) is 0 Å². The molecule has 1 N–H and O–H groups in total. The summed E-state index contributed by atoms with van der Waals surface area (Å²) in [6.45, 7) is 2.09. The van der Waals surface area contributed by atoms with Crippen LogP contribution in [0.4, 0.5) is 0 Å². The van der Waals surface area contributed by atoms with Crippen molar-refractivity contribution < 1.29 is 14.4 Å². The molecule has 3 rings (SSSR count). The molecule has 1 aromatic carbocycles. The van der Waals surface area contributed by atoms with Crippen LogP contribution in [-0.2, 0) is 9.59 Å². The molecule has 5 nitrogen and oxygen atoms in total. The summed E-state index contributed by atoms with van der Waals surface area (Å²) in [5.74, 6) is -1.38. The highest BCUT2D eigenvalue weighted by molar-refractivity contribution is 6.14. The van der Waals surface area contributed by atoms with E-state index in [-0.39, 0.29) is 17.7 Å². The molecule has 2 heterocycles. The Morgan fingerprint density at radius 3 is 2.61 bits per heavy atom. The Hall–Kier alpha value is -2.17. The molecule has 2 atom stereocenters. The molecule has 1 fully saturated rings. The molecule has 92 valence electrons. The fourth-order valence-corrected chi connectivity index (χ4v) is 2.69. The lowest BCUT2D eigenvalue weighted by Gasteiger charge is -2.24. The molecule has 0 spiro atoms. The minimum absolute atomic E-state index is 0.222. The minimum atomic E-state index is -0.736. The zero-order valence-corrected chi connectivity index (χ0v) is 9.84. The summed E-state index contributed by atoms with van der Waals surface area (Å²) in [6.07, 6.45) is 0. The first kappa shape index (κ1) is 11.0. The van der Waals surface area contributed by atoms with E-state index in [2.05, 4.69) is 5.32 Å². The molecule has 0 radical (unpaired) electrons. The summed E-state index contributed by atoms with van der Waals surface area (Å²) >= 11 is 0. The number of amides is 3. The quantitative estimate of drug-likeness (QED) is 0.721. The van der Waals surface area contributed by atoms with E-state index in [4.69, 9.17) is 0 Å². The monoisotopic (exact) mass is 244 g/mol. The van der Waals surface area contributed by atoms with E-state index in [0.29, 0.717) is 17.7 Å². The van der Waals surface area contributed by atoms with E-state index in [1.165, 1.54) is 4.90 Å². The third-order valence-electron chi connectivity index (χ3n) is 3.54. The van der Waals surface area contributed by atoms with Crippen molar-refractivity contribution >= 4 is 17.7 Å². The van der Waals surface area contributed by atoms with Gasteiger partial charge in [0.25, 0.3) is 11.8 Å². The van der Waals surface area contributed by atoms with Crippen molar-refractivity contribution in [2.75, 3.05) is 6.54 Å². The number of likely N-dealkylation sites (N-methyl/N-ethyl adjacent to an activating group) is 1. The van der Waals surface area contributed by atoms with Gasteiger partial charge < -0.3 is 5.32 Å². The SMILES string of the molecule is CCN1C(=O)C2NC(=O)c3ccccc3C2C1=O. The van der Waals surface area contributed by atoms with E-state index >= 15 is 0 Å². The van der Waals surface area contributed by atoms with Gasteiger partial charge in [0.05, 0.1) is 5.92 Å². The number of imide groups is 1. The van der Waals surface area contributed by atoms with Gasteiger partial charge in [-0.15, -0.1) is 0 Å². The lowest BCUT2D eigenvalue weighted by atomic mass is 9.86. The molecule has 18 heavy (non-hydrogen) atoms. The van der Waals surface area contributed by atoms with Crippen LogP contribution in [0.5, 0.6) is 0 Å². The summed E-state index contributed by atoms with van der Waals surface area (Å²) in [7, 11) is 0. The third-order valence-corrected chi connectivity index (χ3v) is 3.54. The topological polar surface area (TPSA) is 66.5 Å². The van der Waals surface area contributed by atoms with E-state index < -0.39 is 12.0 Å². The third kappa shape index (κ3) is 1.24. The van der Waals surface area contributed by atoms with Crippen LogP contribution < -0.4 is 5.32 Å². The predicted octanol–water partition coefficient (Wildman–Crippen LogP) is 0.271. The molecule has 1 saturated heterocycles. The molecule has 5 heteroatoms. The Morgan fingerprint density at radius 2 is 1.89 bits per heavy atom. The predicted molar refractivity (Wildman–Crippen MR) is 62.8 cm³/mol. The molecule has 0 saturated carbocycles. The fourth-order valence-electron chi connectivity index (χ4n) is 2.69. The van der Waals surface area contributed by atoms with Gasteiger partial charge in [0.2, 0.25) is 5.91 Å². The molecule has 0 aliphatic carbocycles. The molecular formula is C13H12N2O3. The molecule has 0 bridgehead atoms. The Labute approximate surface area is 104 Å². The Morgan fingerprint density at radius 1 is 1.17 bits per heavy atom. The van der Waals surface area contributed by atoms with Gasteiger partial charge in [-0.05, 0) is 18.6 Å². The van der Waals surface area contributed by atoms with Crippen LogP contribution in [0, 0.1) is 0 Å². The number of rotatable bonds is 1. The first-order chi connectivity index (χ1) is 8.65. The van der Waals surface area contributed by atoms with Gasteiger partial charge in [0, 0.05) is 12.1 Å². The number of carbonyl (C=O) groups is 3. The maximum absolute atomic E-state index is 12.2. The van der Waals surface area contributed by atoms with Crippen molar-refractivity contribution in [3.8, 4) is 0 Å². The zero-order valence-electron chi connectivity index (χ0n) is 9.84. The second-order valence-electron chi connectivity index (χ2n) is 4.44. The average Bonchev–Trinajstić information content (AvgIpc) is 2.62. The summed E-state index contributed by atoms with van der Waals surface area (Å²) in [6, 6.07) is 6.21. The average molecular weight is 244 g/mol. The van der Waals surface area contributed by atoms with Crippen molar-refractivity contribution in [2.45, 2.75) is 18.9 Å². The maximum Gasteiger partial charge on any atom is 0.252 e. The summed E-state index contributed by atoms with van der Waals surface area (Å²) in [5.41, 5.74) is 1.14. The van der Waals surface area contributed by atoms with Crippen LogP contribution in [0.3, 0.4) is 0 Å². The standard InChI is InChI=1S/C13H12N2O3/c1-2-15-12(17)9-7-5-3-4-6-8(7)11(16)14-10(9)13(15)18/h3-6,9-10H,2H2,1H3,(H,14,16). The number of hydrogen-bond acceptors (Lipinski definition) is 3. The fraction of sp³-hybridized carbons (Fsp3) is 0.308. The van der Waals surface area contributed by atoms with Crippen LogP contribution in [-0.4, -0.2) is 35.2 Å². The van der Waals surface area contributed by atoms with Crippen LogP contribution in [0.2, 0.25) is 0 Å². The molecule has 2 unspecified atom stereocenters. The minimum Gasteiger partial charge on any atom is -0.339 e. The van der Waals surface area contributed by atoms with Gasteiger partial charge in [-0.2, -0.15) is 0 Å². The lowest BCUT2D eigenvalue weighted by Crippen LogP contribution is -2.47. The molecule has 1 aromatic rings. The number of benzene rings is 1. The van der Waals surface area contributed by atoms with E-state index in [0.717, 1.165) is 0 Å². The van der Waals surface area contributed by atoms with Crippen LogP contribution >= 0.6 is 0 Å². The molecular weight excluding hydrogens is 232 g/mol. The zero-order chi connectivity index (χ0) is 12.9. The highest BCUT2D eigenvalue weighted by Crippen LogP contribution is 2.35. The van der Waals surface area contributed by atoms with E-state index in [1.807, 2.05) is 0 Å². The Kier molecular flexibility index (Phi) is 2.23. The molecule has 3 amide bonds. The van der Waals surface area contributed by atoms with Gasteiger partial charge >= 0.3 is 0 Å². The number of nitrogens with zero attached hydrogens (tertiary/aromatic N) is 1. The largest absolute Gasteiger partial charge is 0.339 e. The highest BCUT2D eigenvalue weighted by Gasteiger charge is 2.51. The number of likely N-dealkylation sites (tertiary alicyclic amines) is 1. The number of fused-ring (bicyclic) bond motifs is 3. The molecule has 2 aliphatic heterocycles. The maximum atomic E-state index is 12.2. The van der Waals surface area contributed by atoms with Gasteiger partial charge in [0.1, 0.15) is 6.04 Å². The first-order valence-electron chi connectivity index (χ1n) is 5.90. The second-order valence-corrected chi connectivity index (χ2v) is 4.44. The van der Waals surface area contributed by atoms with E-state index in [1.54, 1.807) is 31.2 Å². The Balaban J connectivity index is 2.15. The first-order valence-corrected chi connectivity index (χ1v) is 5.90. The molecule has 2 aliphatic rings. The van der Waals surface area contributed by atoms with Gasteiger partial charge in [-0.25, -0.2) is 0 Å². The van der Waals surface area contributed by atoms with Crippen LogP contribution in [0.25, 0.3) is 0 Å². The van der Waals surface area contributed by atoms with E-state index in [9.17, 15) is 14.4 Å². The highest BCUT2D eigenvalue weighted by atomic mass is 16.2. The normalized spacial score (nSPS) is 25.8. The van der Waals surface area contributed by atoms with Crippen LogP contribution in [0.1, 0.15) is 28.8 Å². The number of carbonyl (C=O) groups excluding carboxylic acids is 3. The van der Waals surface area contributed by atoms with Gasteiger partial charge in [-0.1, -0.05) is 18.2 Å². The van der Waals surface area contributed by atoms with Crippen LogP contribution in [0.15, 0.2) is 24.3 Å². The Bertz CT molecular complexity index is 567. The van der Waals surface area contributed by atoms with Crippen molar-refractivity contribution in [1.82, 2.24) is 10.2 Å². The number of nitrogens with one attached hydrogen (secondary N) is 1. The second kappa shape index (κ2) is 3.66. The summed E-state index contributed by atoms with van der Waals surface area (Å²) < 4.78 is 0. The van der Waals surface area contributed by atoms with Crippen molar-refractivity contribution in [3.05, 3.63) is 35.4 Å². The number of hydrogen-bond donors (Lipinski definition) is 1. The smallest absolute Gasteiger partial charge is 0.252 e.